The van der Waals surface area contributed by atoms with E-state index in [-0.39, 0.29) is 30.1 Å². The first kappa shape index (κ1) is 24.5. The zero-order valence-electron chi connectivity index (χ0n) is 15.8. The smallest absolute Gasteiger partial charge is 0.191 e. The summed E-state index contributed by atoms with van der Waals surface area (Å²) in [7, 11) is 0. The average molecular weight is 479 g/mol. The molecular formula is C19H34IN3OS. The van der Waals surface area contributed by atoms with Crippen molar-refractivity contribution in [3.63, 3.8) is 0 Å². The maximum absolute atomic E-state index is 5.88. The fourth-order valence-electron chi connectivity index (χ4n) is 2.26. The van der Waals surface area contributed by atoms with Crippen molar-refractivity contribution < 1.29 is 4.74 Å². The summed E-state index contributed by atoms with van der Waals surface area (Å²) in [6.07, 6.45) is 5.65. The summed E-state index contributed by atoms with van der Waals surface area (Å²) in [4.78, 5) is 4.61. The Kier molecular flexibility index (Phi) is 16.7. The van der Waals surface area contributed by atoms with Crippen LogP contribution in [0.15, 0.2) is 35.3 Å². The number of ether oxygens (including phenoxy) is 1. The van der Waals surface area contributed by atoms with Crippen molar-refractivity contribution in [1.82, 2.24) is 10.6 Å². The highest BCUT2D eigenvalue weighted by molar-refractivity contribution is 14.0. The van der Waals surface area contributed by atoms with Crippen LogP contribution in [0.25, 0.3) is 0 Å². The zero-order valence-corrected chi connectivity index (χ0v) is 18.9. The third-order valence-electron chi connectivity index (χ3n) is 3.62. The molecular weight excluding hydrogens is 445 g/mol. The summed E-state index contributed by atoms with van der Waals surface area (Å²) in [5.41, 5.74) is 1.22. The van der Waals surface area contributed by atoms with Gasteiger partial charge in [0.05, 0.1) is 6.10 Å². The topological polar surface area (TPSA) is 45.7 Å². The number of nitrogens with zero attached hydrogens (tertiary/aromatic N) is 1. The molecule has 0 heterocycles. The number of thioether (sulfide) groups is 1. The number of rotatable bonds is 12. The maximum Gasteiger partial charge on any atom is 0.191 e. The van der Waals surface area contributed by atoms with E-state index in [0.29, 0.717) is 0 Å². The molecule has 2 N–H and O–H groups in total. The molecule has 0 bridgehead atoms. The van der Waals surface area contributed by atoms with Gasteiger partial charge in [-0.15, -0.1) is 24.0 Å². The lowest BCUT2D eigenvalue weighted by molar-refractivity contribution is 0.0652. The van der Waals surface area contributed by atoms with Crippen LogP contribution in [-0.2, 0) is 4.74 Å². The number of halogens is 1. The summed E-state index contributed by atoms with van der Waals surface area (Å²) in [5.74, 6) is 2.14. The molecule has 0 aliphatic carbocycles. The van der Waals surface area contributed by atoms with E-state index in [1.807, 2.05) is 30.0 Å². The normalized spacial score (nSPS) is 12.4. The molecule has 4 nitrogen and oxygen atoms in total. The second kappa shape index (κ2) is 17.0. The number of aliphatic imine (C=N–C) groups is 1. The summed E-state index contributed by atoms with van der Waals surface area (Å²) in [5, 5.41) is 6.69. The van der Waals surface area contributed by atoms with Crippen LogP contribution >= 0.6 is 35.7 Å². The molecule has 1 rings (SSSR count). The lowest BCUT2D eigenvalue weighted by Gasteiger charge is -2.13. The van der Waals surface area contributed by atoms with Gasteiger partial charge in [-0.3, -0.25) is 4.99 Å². The predicted octanol–water partition coefficient (Wildman–Crippen LogP) is 4.47. The van der Waals surface area contributed by atoms with Crippen molar-refractivity contribution in [2.75, 3.05) is 38.2 Å². The van der Waals surface area contributed by atoms with Crippen LogP contribution in [-0.4, -0.2) is 44.2 Å². The Balaban J connectivity index is 0.00000576. The number of hydrogen-bond acceptors (Lipinski definition) is 3. The summed E-state index contributed by atoms with van der Waals surface area (Å²) >= 11 is 1.90. The van der Waals surface area contributed by atoms with E-state index in [4.69, 9.17) is 4.74 Å². The molecule has 1 aromatic carbocycles. The van der Waals surface area contributed by atoms with Crippen molar-refractivity contribution >= 4 is 41.7 Å². The molecule has 0 saturated carbocycles. The van der Waals surface area contributed by atoms with Gasteiger partial charge in [0.15, 0.2) is 5.96 Å². The van der Waals surface area contributed by atoms with E-state index >= 15 is 0 Å². The van der Waals surface area contributed by atoms with E-state index < -0.39 is 0 Å². The Morgan fingerprint density at radius 3 is 2.60 bits per heavy atom. The summed E-state index contributed by atoms with van der Waals surface area (Å²) < 4.78 is 5.88. The number of unbranched alkanes of at least 4 members (excludes halogenated alkanes) is 1. The maximum atomic E-state index is 5.88. The van der Waals surface area contributed by atoms with Gasteiger partial charge in [-0.1, -0.05) is 30.3 Å². The third-order valence-corrected chi connectivity index (χ3v) is 4.32. The van der Waals surface area contributed by atoms with Gasteiger partial charge in [0.1, 0.15) is 0 Å². The Morgan fingerprint density at radius 2 is 1.92 bits per heavy atom. The van der Waals surface area contributed by atoms with Crippen LogP contribution in [0.5, 0.6) is 0 Å². The molecule has 25 heavy (non-hydrogen) atoms. The summed E-state index contributed by atoms with van der Waals surface area (Å²) in [6.45, 7) is 7.56. The highest BCUT2D eigenvalue weighted by atomic mass is 127. The van der Waals surface area contributed by atoms with Gasteiger partial charge in [-0.2, -0.15) is 11.8 Å². The largest absolute Gasteiger partial charge is 0.374 e. The van der Waals surface area contributed by atoms with Crippen molar-refractivity contribution in [2.24, 2.45) is 4.99 Å². The fourth-order valence-corrected chi connectivity index (χ4v) is 2.75. The number of hydrogen-bond donors (Lipinski definition) is 2. The first-order valence-corrected chi connectivity index (χ1v) is 10.3. The summed E-state index contributed by atoms with van der Waals surface area (Å²) in [6, 6.07) is 10.3. The van der Waals surface area contributed by atoms with E-state index in [9.17, 15) is 0 Å². The van der Waals surface area contributed by atoms with Gasteiger partial charge >= 0.3 is 0 Å². The van der Waals surface area contributed by atoms with Crippen LogP contribution in [0.4, 0.5) is 0 Å². The molecule has 1 aromatic rings. The molecule has 1 atom stereocenters. The molecule has 0 fully saturated rings. The van der Waals surface area contributed by atoms with Crippen LogP contribution in [0, 0.1) is 0 Å². The first-order valence-electron chi connectivity index (χ1n) is 8.95. The molecule has 0 radical (unpaired) electrons. The van der Waals surface area contributed by atoms with E-state index in [1.165, 1.54) is 24.2 Å². The van der Waals surface area contributed by atoms with Crippen LogP contribution in [0.1, 0.15) is 44.8 Å². The lowest BCUT2D eigenvalue weighted by atomic mass is 10.1. The minimum atomic E-state index is 0. The fraction of sp³-hybridized carbons (Fsp3) is 0.632. The van der Waals surface area contributed by atoms with Gasteiger partial charge < -0.3 is 15.4 Å². The van der Waals surface area contributed by atoms with Crippen molar-refractivity contribution in [2.45, 2.75) is 39.2 Å². The zero-order chi connectivity index (χ0) is 17.5. The number of guanidine groups is 1. The molecule has 0 spiro atoms. The monoisotopic (exact) mass is 479 g/mol. The van der Waals surface area contributed by atoms with Crippen molar-refractivity contribution in [3.05, 3.63) is 35.9 Å². The molecule has 0 amide bonds. The quantitative estimate of drug-likeness (QED) is 0.201. The van der Waals surface area contributed by atoms with E-state index in [1.54, 1.807) is 0 Å². The SMILES string of the molecule is CCNC(=NCCCOC(C)c1ccccc1)NCCCCSC.I. The van der Waals surface area contributed by atoms with E-state index in [0.717, 1.165) is 38.6 Å². The van der Waals surface area contributed by atoms with Crippen molar-refractivity contribution in [3.8, 4) is 0 Å². The van der Waals surface area contributed by atoms with E-state index in [2.05, 4.69) is 47.9 Å². The third kappa shape index (κ3) is 12.5. The Hall–Kier alpha value is -0.470. The van der Waals surface area contributed by atoms with Gasteiger partial charge in [-0.25, -0.2) is 0 Å². The Labute approximate surface area is 175 Å². The molecule has 0 aliphatic heterocycles. The lowest BCUT2D eigenvalue weighted by Crippen LogP contribution is -2.38. The molecule has 0 saturated heterocycles. The minimum absolute atomic E-state index is 0. The second-order valence-corrected chi connectivity index (χ2v) is 6.65. The minimum Gasteiger partial charge on any atom is -0.374 e. The van der Waals surface area contributed by atoms with Crippen LogP contribution in [0.3, 0.4) is 0 Å². The number of nitrogens with one attached hydrogen (secondary N) is 2. The highest BCUT2D eigenvalue weighted by Gasteiger charge is 2.04. The average Bonchev–Trinajstić information content (AvgIpc) is 2.61. The van der Waals surface area contributed by atoms with Gasteiger partial charge in [-0.05, 0) is 50.7 Å². The Bertz CT molecular complexity index is 446. The molecule has 6 heteroatoms. The molecule has 144 valence electrons. The molecule has 0 aliphatic rings. The second-order valence-electron chi connectivity index (χ2n) is 5.66. The Morgan fingerprint density at radius 1 is 1.16 bits per heavy atom. The molecule has 0 aromatic heterocycles. The van der Waals surface area contributed by atoms with Crippen LogP contribution in [0.2, 0.25) is 0 Å². The van der Waals surface area contributed by atoms with Gasteiger partial charge in [0.25, 0.3) is 0 Å². The van der Waals surface area contributed by atoms with Gasteiger partial charge in [0.2, 0.25) is 0 Å². The standard InChI is InChI=1S/C19H33N3OS.HI/c1-4-20-19(21-13-8-9-16-24-3)22-14-10-15-23-17(2)18-11-6-5-7-12-18;/h5-7,11-12,17H,4,8-10,13-16H2,1-3H3,(H2,20,21,22);1H. The van der Waals surface area contributed by atoms with Crippen molar-refractivity contribution in [1.29, 1.82) is 0 Å². The van der Waals surface area contributed by atoms with Crippen LogP contribution < -0.4 is 10.6 Å². The molecule has 1 unspecified atom stereocenters. The number of benzene rings is 1. The highest BCUT2D eigenvalue weighted by Crippen LogP contribution is 2.15. The van der Waals surface area contributed by atoms with Gasteiger partial charge in [0, 0.05) is 26.2 Å². The predicted molar refractivity (Wildman–Crippen MR) is 122 cm³/mol. The first-order chi connectivity index (χ1) is 11.8.